The van der Waals surface area contributed by atoms with Gasteiger partial charge in [0.15, 0.2) is 0 Å². The van der Waals surface area contributed by atoms with E-state index in [0.29, 0.717) is 26.2 Å². The molecule has 0 atom stereocenters. The smallest absolute Gasteiger partial charge is 0.224 e. The molecule has 0 unspecified atom stereocenters. The minimum absolute atomic E-state index is 0.0562. The van der Waals surface area contributed by atoms with Gasteiger partial charge in [0.1, 0.15) is 5.75 Å². The molecule has 0 spiro atoms. The molecule has 3 aromatic carbocycles. The Balaban J connectivity index is 1.49. The van der Waals surface area contributed by atoms with Gasteiger partial charge in [0.05, 0.1) is 13.5 Å². The van der Waals surface area contributed by atoms with Gasteiger partial charge < -0.3 is 14.8 Å². The van der Waals surface area contributed by atoms with E-state index in [1.165, 1.54) is 5.56 Å². The van der Waals surface area contributed by atoms with Gasteiger partial charge in [-0.25, -0.2) is 0 Å². The van der Waals surface area contributed by atoms with E-state index in [1.54, 1.807) is 7.11 Å². The van der Waals surface area contributed by atoms with E-state index in [4.69, 9.17) is 9.47 Å². The summed E-state index contributed by atoms with van der Waals surface area (Å²) in [5, 5.41) is 5.51. The third-order valence-corrected chi connectivity index (χ3v) is 6.01. The van der Waals surface area contributed by atoms with Crippen LogP contribution >= 0.6 is 0 Å². The van der Waals surface area contributed by atoms with Gasteiger partial charge in [0, 0.05) is 25.2 Å². The second-order valence-corrected chi connectivity index (χ2v) is 7.71. The van der Waals surface area contributed by atoms with E-state index in [0.717, 1.165) is 34.9 Å². The predicted octanol–water partition coefficient (Wildman–Crippen LogP) is 4.26. The second-order valence-electron chi connectivity index (χ2n) is 7.71. The summed E-state index contributed by atoms with van der Waals surface area (Å²) in [6, 6.07) is 22.5. The van der Waals surface area contributed by atoms with Crippen molar-refractivity contribution in [2.24, 2.45) is 0 Å². The highest BCUT2D eigenvalue weighted by Gasteiger charge is 2.34. The Kier molecular flexibility index (Phi) is 5.81. The van der Waals surface area contributed by atoms with Gasteiger partial charge in [0.25, 0.3) is 0 Å². The van der Waals surface area contributed by atoms with Crippen LogP contribution in [0.4, 0.5) is 0 Å². The Labute approximate surface area is 171 Å². The van der Waals surface area contributed by atoms with Gasteiger partial charge in [-0.2, -0.15) is 0 Å². The van der Waals surface area contributed by atoms with Crippen molar-refractivity contribution >= 4 is 16.7 Å². The number of hydrogen-bond acceptors (Lipinski definition) is 3. The number of benzene rings is 3. The van der Waals surface area contributed by atoms with Gasteiger partial charge >= 0.3 is 0 Å². The van der Waals surface area contributed by atoms with Crippen LogP contribution in [0, 0.1) is 0 Å². The summed E-state index contributed by atoms with van der Waals surface area (Å²) in [6.45, 7) is 2.04. The van der Waals surface area contributed by atoms with E-state index < -0.39 is 0 Å². The van der Waals surface area contributed by atoms with E-state index >= 15 is 0 Å². The number of nitrogens with one attached hydrogen (secondary N) is 1. The van der Waals surface area contributed by atoms with Crippen molar-refractivity contribution in [1.29, 1.82) is 0 Å². The van der Waals surface area contributed by atoms with E-state index in [1.807, 2.05) is 36.4 Å². The van der Waals surface area contributed by atoms with E-state index in [9.17, 15) is 4.79 Å². The van der Waals surface area contributed by atoms with Crippen LogP contribution in [0.3, 0.4) is 0 Å². The normalized spacial score (nSPS) is 15.8. The zero-order chi connectivity index (χ0) is 20.1. The van der Waals surface area contributed by atoms with Crippen molar-refractivity contribution in [1.82, 2.24) is 5.32 Å². The standard InChI is InChI=1S/C25H27NO3/c1-28-22-11-9-21(10-12-22)25(13-15-29-16-14-25)18-26-24(27)17-20-7-4-6-19-5-2-3-8-23(19)20/h2-12H,13-18H2,1H3,(H,26,27). The summed E-state index contributed by atoms with van der Waals surface area (Å²) in [4.78, 5) is 12.8. The number of carbonyl (C=O) groups excluding carboxylic acids is 1. The van der Waals surface area contributed by atoms with Crippen LogP contribution in [-0.2, 0) is 21.4 Å². The van der Waals surface area contributed by atoms with Crippen LogP contribution in [0.5, 0.6) is 5.75 Å². The minimum Gasteiger partial charge on any atom is -0.497 e. The first kappa shape index (κ1) is 19.5. The lowest BCUT2D eigenvalue weighted by Crippen LogP contribution is -2.45. The van der Waals surface area contributed by atoms with E-state index in [-0.39, 0.29) is 11.3 Å². The maximum atomic E-state index is 12.8. The molecular formula is C25H27NO3. The third kappa shape index (κ3) is 4.28. The van der Waals surface area contributed by atoms with Gasteiger partial charge in [-0.15, -0.1) is 0 Å². The Morgan fingerprint density at radius 2 is 1.72 bits per heavy atom. The van der Waals surface area contributed by atoms with Crippen LogP contribution in [-0.4, -0.2) is 32.8 Å². The fourth-order valence-electron chi connectivity index (χ4n) is 4.22. The molecule has 0 aromatic heterocycles. The summed E-state index contributed by atoms with van der Waals surface area (Å²) in [5.74, 6) is 0.900. The SMILES string of the molecule is COc1ccc(C2(CNC(=O)Cc3cccc4ccccc34)CCOCC2)cc1. The quantitative estimate of drug-likeness (QED) is 0.685. The largest absolute Gasteiger partial charge is 0.497 e. The van der Waals surface area contributed by atoms with Crippen LogP contribution in [0.15, 0.2) is 66.7 Å². The van der Waals surface area contributed by atoms with Gasteiger partial charge in [-0.3, -0.25) is 4.79 Å². The monoisotopic (exact) mass is 389 g/mol. The first-order valence-corrected chi connectivity index (χ1v) is 10.2. The lowest BCUT2D eigenvalue weighted by atomic mass is 9.74. The fourth-order valence-corrected chi connectivity index (χ4v) is 4.22. The first-order valence-electron chi connectivity index (χ1n) is 10.2. The number of amides is 1. The molecule has 150 valence electrons. The Bertz CT molecular complexity index is 970. The zero-order valence-corrected chi connectivity index (χ0v) is 16.8. The summed E-state index contributed by atoms with van der Waals surface area (Å²) in [6.07, 6.45) is 2.18. The number of fused-ring (bicyclic) bond motifs is 1. The summed E-state index contributed by atoms with van der Waals surface area (Å²) in [5.41, 5.74) is 2.19. The molecule has 4 rings (SSSR count). The Hall–Kier alpha value is -2.85. The molecule has 1 fully saturated rings. The van der Waals surface area contributed by atoms with Crippen molar-refractivity contribution in [2.75, 3.05) is 26.9 Å². The molecule has 4 nitrogen and oxygen atoms in total. The first-order chi connectivity index (χ1) is 14.2. The molecule has 3 aromatic rings. The highest BCUT2D eigenvalue weighted by Crippen LogP contribution is 2.35. The van der Waals surface area contributed by atoms with Gasteiger partial charge in [-0.1, -0.05) is 54.6 Å². The molecule has 4 heteroatoms. The maximum Gasteiger partial charge on any atom is 0.224 e. The summed E-state index contributed by atoms with van der Waals surface area (Å²) >= 11 is 0. The van der Waals surface area contributed by atoms with E-state index in [2.05, 4.69) is 35.6 Å². The molecule has 1 saturated heterocycles. The van der Waals surface area contributed by atoms with Crippen molar-refractivity contribution in [3.05, 3.63) is 77.9 Å². The Morgan fingerprint density at radius 3 is 2.48 bits per heavy atom. The number of rotatable bonds is 6. The van der Waals surface area contributed by atoms with Crippen LogP contribution in [0.25, 0.3) is 10.8 Å². The molecule has 0 radical (unpaired) electrons. The number of carbonyl (C=O) groups is 1. The Morgan fingerprint density at radius 1 is 1.00 bits per heavy atom. The molecule has 0 bridgehead atoms. The average Bonchev–Trinajstić information content (AvgIpc) is 2.79. The predicted molar refractivity (Wildman–Crippen MR) is 115 cm³/mol. The minimum atomic E-state index is -0.0983. The second kappa shape index (κ2) is 8.66. The number of ether oxygens (including phenoxy) is 2. The summed E-state index contributed by atoms with van der Waals surface area (Å²) < 4.78 is 10.9. The molecular weight excluding hydrogens is 362 g/mol. The highest BCUT2D eigenvalue weighted by atomic mass is 16.5. The van der Waals surface area contributed by atoms with Crippen molar-refractivity contribution in [3.63, 3.8) is 0 Å². The molecule has 1 aliphatic heterocycles. The molecule has 1 heterocycles. The van der Waals surface area contributed by atoms with Gasteiger partial charge in [-0.05, 0) is 46.9 Å². The van der Waals surface area contributed by atoms with Gasteiger partial charge in [0.2, 0.25) is 5.91 Å². The highest BCUT2D eigenvalue weighted by molar-refractivity contribution is 5.90. The van der Waals surface area contributed by atoms with Crippen LogP contribution in [0.1, 0.15) is 24.0 Å². The lowest BCUT2D eigenvalue weighted by Gasteiger charge is -2.38. The number of hydrogen-bond donors (Lipinski definition) is 1. The maximum absolute atomic E-state index is 12.8. The molecule has 29 heavy (non-hydrogen) atoms. The summed E-state index contributed by atoms with van der Waals surface area (Å²) in [7, 11) is 1.67. The molecule has 0 saturated carbocycles. The zero-order valence-electron chi connectivity index (χ0n) is 16.8. The molecule has 1 aliphatic rings. The lowest BCUT2D eigenvalue weighted by molar-refractivity contribution is -0.120. The topological polar surface area (TPSA) is 47.6 Å². The number of methoxy groups -OCH3 is 1. The average molecular weight is 389 g/mol. The van der Waals surface area contributed by atoms with Crippen molar-refractivity contribution in [3.8, 4) is 5.75 Å². The third-order valence-electron chi connectivity index (χ3n) is 6.01. The molecule has 0 aliphatic carbocycles. The van der Waals surface area contributed by atoms with Crippen molar-refractivity contribution < 1.29 is 14.3 Å². The van der Waals surface area contributed by atoms with Crippen molar-refractivity contribution in [2.45, 2.75) is 24.7 Å². The van der Waals surface area contributed by atoms with Crippen LogP contribution < -0.4 is 10.1 Å². The molecule has 1 N–H and O–H groups in total. The van der Waals surface area contributed by atoms with Crippen LogP contribution in [0.2, 0.25) is 0 Å². The fraction of sp³-hybridized carbons (Fsp3) is 0.320. The molecule has 1 amide bonds.